The molecule has 2 amide bonds. The third kappa shape index (κ3) is 4.40. The second-order valence-electron chi connectivity index (χ2n) is 7.50. The molecule has 0 aromatic heterocycles. The number of amides is 2. The van der Waals surface area contributed by atoms with Crippen LogP contribution in [0.15, 0.2) is 24.3 Å². The monoisotopic (exact) mass is 343 g/mol. The topological polar surface area (TPSA) is 75.4 Å². The van der Waals surface area contributed by atoms with Crippen molar-refractivity contribution in [3.05, 3.63) is 35.4 Å². The Morgan fingerprint density at radius 3 is 2.48 bits per heavy atom. The number of carbonyl (C=O) groups is 2. The van der Waals surface area contributed by atoms with E-state index in [1.54, 1.807) is 0 Å². The molecule has 136 valence electrons. The molecular formula is C20H29N3O2. The minimum Gasteiger partial charge on any atom is -0.350 e. The van der Waals surface area contributed by atoms with Gasteiger partial charge in [0.05, 0.1) is 0 Å². The summed E-state index contributed by atoms with van der Waals surface area (Å²) in [7, 11) is 0. The Morgan fingerprint density at radius 1 is 1.12 bits per heavy atom. The fourth-order valence-electron chi connectivity index (χ4n) is 3.90. The van der Waals surface area contributed by atoms with Crippen molar-refractivity contribution in [2.45, 2.75) is 57.5 Å². The summed E-state index contributed by atoms with van der Waals surface area (Å²) in [5.74, 6) is 0.304. The number of benzene rings is 1. The van der Waals surface area contributed by atoms with Crippen LogP contribution in [0.3, 0.4) is 0 Å². The van der Waals surface area contributed by atoms with E-state index in [1.165, 1.54) is 6.42 Å². The van der Waals surface area contributed by atoms with Crippen molar-refractivity contribution in [3.63, 3.8) is 0 Å². The maximum atomic E-state index is 12.6. The van der Waals surface area contributed by atoms with Crippen LogP contribution in [-0.4, -0.2) is 35.8 Å². The predicted molar refractivity (Wildman–Crippen MR) is 97.8 cm³/mol. The molecule has 1 aromatic rings. The first kappa shape index (κ1) is 17.9. The van der Waals surface area contributed by atoms with Gasteiger partial charge in [-0.05, 0) is 31.7 Å². The van der Waals surface area contributed by atoms with Crippen molar-refractivity contribution in [3.8, 4) is 0 Å². The van der Waals surface area contributed by atoms with E-state index in [9.17, 15) is 9.59 Å². The largest absolute Gasteiger partial charge is 0.350 e. The van der Waals surface area contributed by atoms with Crippen LogP contribution in [0, 0.1) is 12.8 Å². The van der Waals surface area contributed by atoms with Gasteiger partial charge < -0.3 is 16.0 Å². The van der Waals surface area contributed by atoms with Crippen molar-refractivity contribution in [1.29, 1.82) is 0 Å². The van der Waals surface area contributed by atoms with Crippen LogP contribution in [0.25, 0.3) is 0 Å². The van der Waals surface area contributed by atoms with Gasteiger partial charge in [-0.3, -0.25) is 9.59 Å². The molecule has 0 radical (unpaired) electrons. The zero-order valence-electron chi connectivity index (χ0n) is 15.0. The summed E-state index contributed by atoms with van der Waals surface area (Å²) in [5, 5.41) is 3.02. The van der Waals surface area contributed by atoms with Gasteiger partial charge in [0.25, 0.3) is 0 Å². The summed E-state index contributed by atoms with van der Waals surface area (Å²) < 4.78 is 0. The zero-order valence-corrected chi connectivity index (χ0v) is 15.0. The Labute approximate surface area is 150 Å². The second kappa shape index (κ2) is 8.00. The minimum atomic E-state index is -0.663. The van der Waals surface area contributed by atoms with E-state index in [0.29, 0.717) is 6.54 Å². The second-order valence-corrected chi connectivity index (χ2v) is 7.50. The molecular weight excluding hydrogens is 314 g/mol. The van der Waals surface area contributed by atoms with Gasteiger partial charge in [-0.1, -0.05) is 49.1 Å². The Morgan fingerprint density at radius 2 is 1.80 bits per heavy atom. The highest BCUT2D eigenvalue weighted by Crippen LogP contribution is 2.27. The standard InChI is InChI=1S/C20H29N3O2/c1-14-7-9-15(10-8-14)18(21)19(24)22-17-11-12-23(13-17)20(25)16-5-3-2-4-6-16/h7-10,16-18H,2-6,11-13,21H2,1H3,(H,22,24). The first-order valence-electron chi connectivity index (χ1n) is 9.46. The van der Waals surface area contributed by atoms with Gasteiger partial charge in [-0.15, -0.1) is 0 Å². The number of aryl methyl sites for hydroxylation is 1. The van der Waals surface area contributed by atoms with E-state index in [4.69, 9.17) is 5.73 Å². The lowest BCUT2D eigenvalue weighted by atomic mass is 9.88. The Bertz CT molecular complexity index is 608. The van der Waals surface area contributed by atoms with Crippen molar-refractivity contribution in [2.24, 2.45) is 11.7 Å². The molecule has 25 heavy (non-hydrogen) atoms. The van der Waals surface area contributed by atoms with Gasteiger partial charge in [-0.2, -0.15) is 0 Å². The molecule has 2 unspecified atom stereocenters. The van der Waals surface area contributed by atoms with Gasteiger partial charge in [-0.25, -0.2) is 0 Å². The molecule has 1 aliphatic heterocycles. The van der Waals surface area contributed by atoms with E-state index >= 15 is 0 Å². The van der Waals surface area contributed by atoms with Gasteiger partial charge in [0.2, 0.25) is 11.8 Å². The van der Waals surface area contributed by atoms with Crippen LogP contribution in [0.5, 0.6) is 0 Å². The summed E-state index contributed by atoms with van der Waals surface area (Å²) in [6.45, 7) is 3.35. The fourth-order valence-corrected chi connectivity index (χ4v) is 3.90. The number of nitrogens with zero attached hydrogens (tertiary/aromatic N) is 1. The molecule has 0 bridgehead atoms. The quantitative estimate of drug-likeness (QED) is 0.881. The lowest BCUT2D eigenvalue weighted by Crippen LogP contribution is -2.43. The molecule has 0 spiro atoms. The third-order valence-electron chi connectivity index (χ3n) is 5.52. The first-order valence-corrected chi connectivity index (χ1v) is 9.46. The molecule has 2 aliphatic rings. The molecule has 3 N–H and O–H groups in total. The van der Waals surface area contributed by atoms with Crippen molar-refractivity contribution < 1.29 is 9.59 Å². The molecule has 1 aliphatic carbocycles. The summed E-state index contributed by atoms with van der Waals surface area (Å²) >= 11 is 0. The average Bonchev–Trinajstić information content (AvgIpc) is 3.10. The number of hydrogen-bond donors (Lipinski definition) is 2. The highest BCUT2D eigenvalue weighted by molar-refractivity contribution is 5.83. The zero-order chi connectivity index (χ0) is 17.8. The number of likely N-dealkylation sites (tertiary alicyclic amines) is 1. The predicted octanol–water partition coefficient (Wildman–Crippen LogP) is 2.29. The highest BCUT2D eigenvalue weighted by atomic mass is 16.2. The van der Waals surface area contributed by atoms with E-state index in [-0.39, 0.29) is 23.8 Å². The minimum absolute atomic E-state index is 0.0107. The van der Waals surface area contributed by atoms with Crippen LogP contribution in [0.2, 0.25) is 0 Å². The van der Waals surface area contributed by atoms with Crippen molar-refractivity contribution >= 4 is 11.8 Å². The summed E-state index contributed by atoms with van der Waals surface area (Å²) in [5.41, 5.74) is 8.04. The normalized spacial score (nSPS) is 22.6. The van der Waals surface area contributed by atoms with Gasteiger partial charge >= 0.3 is 0 Å². The molecule has 1 saturated heterocycles. The molecule has 1 heterocycles. The summed E-state index contributed by atoms with van der Waals surface area (Å²) in [6.07, 6.45) is 6.42. The van der Waals surface area contributed by atoms with Gasteiger partial charge in [0.1, 0.15) is 6.04 Å². The third-order valence-corrected chi connectivity index (χ3v) is 5.52. The molecule has 2 fully saturated rings. The maximum Gasteiger partial charge on any atom is 0.241 e. The van der Waals surface area contributed by atoms with E-state index in [1.807, 2.05) is 36.1 Å². The van der Waals surface area contributed by atoms with Crippen molar-refractivity contribution in [2.75, 3.05) is 13.1 Å². The van der Waals surface area contributed by atoms with E-state index in [2.05, 4.69) is 5.32 Å². The fraction of sp³-hybridized carbons (Fsp3) is 0.600. The average molecular weight is 343 g/mol. The number of hydrogen-bond acceptors (Lipinski definition) is 3. The van der Waals surface area contributed by atoms with E-state index in [0.717, 1.165) is 49.8 Å². The first-order chi connectivity index (χ1) is 12.0. The van der Waals surface area contributed by atoms with Crippen LogP contribution in [0.4, 0.5) is 0 Å². The number of nitrogens with two attached hydrogens (primary N) is 1. The summed E-state index contributed by atoms with van der Waals surface area (Å²) in [4.78, 5) is 27.0. The van der Waals surface area contributed by atoms with Gasteiger partial charge in [0.15, 0.2) is 0 Å². The van der Waals surface area contributed by atoms with Crippen molar-refractivity contribution in [1.82, 2.24) is 10.2 Å². The van der Waals surface area contributed by atoms with Crippen LogP contribution in [0.1, 0.15) is 55.7 Å². The smallest absolute Gasteiger partial charge is 0.241 e. The Kier molecular flexibility index (Phi) is 5.74. The number of nitrogens with one attached hydrogen (secondary N) is 1. The van der Waals surface area contributed by atoms with Gasteiger partial charge in [0, 0.05) is 25.0 Å². The molecule has 2 atom stereocenters. The number of carbonyl (C=O) groups excluding carboxylic acids is 2. The SMILES string of the molecule is Cc1ccc(C(N)C(=O)NC2CCN(C(=O)C3CCCCC3)C2)cc1. The molecule has 5 nitrogen and oxygen atoms in total. The molecule has 1 aromatic carbocycles. The number of rotatable bonds is 4. The lowest BCUT2D eigenvalue weighted by Gasteiger charge is -2.26. The van der Waals surface area contributed by atoms with Crippen LogP contribution in [-0.2, 0) is 9.59 Å². The Balaban J connectivity index is 1.51. The maximum absolute atomic E-state index is 12.6. The van der Waals surface area contributed by atoms with Crippen LogP contribution < -0.4 is 11.1 Å². The highest BCUT2D eigenvalue weighted by Gasteiger charge is 2.32. The molecule has 1 saturated carbocycles. The molecule has 3 rings (SSSR count). The Hall–Kier alpha value is -1.88. The lowest BCUT2D eigenvalue weighted by molar-refractivity contribution is -0.135. The van der Waals surface area contributed by atoms with Crippen LogP contribution >= 0.6 is 0 Å². The molecule has 5 heteroatoms. The van der Waals surface area contributed by atoms with E-state index < -0.39 is 6.04 Å². The summed E-state index contributed by atoms with van der Waals surface area (Å²) in [6, 6.07) is 7.06.